The second-order valence-electron chi connectivity index (χ2n) is 7.39. The number of rotatable bonds is 7. The third kappa shape index (κ3) is 5.33. The predicted octanol–water partition coefficient (Wildman–Crippen LogP) is 4.93. The lowest BCUT2D eigenvalue weighted by Crippen LogP contribution is -2.41. The van der Waals surface area contributed by atoms with Gasteiger partial charge in [0.05, 0.1) is 12.3 Å². The molecule has 0 radical (unpaired) electrons. The highest BCUT2D eigenvalue weighted by molar-refractivity contribution is 5.96. The Bertz CT molecular complexity index is 724. The van der Waals surface area contributed by atoms with Gasteiger partial charge in [0.15, 0.2) is 0 Å². The van der Waals surface area contributed by atoms with Crippen LogP contribution in [0.15, 0.2) is 54.6 Å². The standard InChI is InChI=1S/C23H30N2O2/c1-3-27-21-12-8-7-11-20(21)25-23(26)22(18-9-5-4-6-10-18)24-19-15-13-17(2)14-16-19/h4-12,17,19,22,24H,3,13-16H2,1-2H3,(H,25,26)/t17?,19?,22-/m1/s1. The van der Waals surface area contributed by atoms with Gasteiger partial charge in [-0.3, -0.25) is 10.1 Å². The van der Waals surface area contributed by atoms with Crippen LogP contribution in [0.4, 0.5) is 5.69 Å². The molecule has 0 aliphatic heterocycles. The van der Waals surface area contributed by atoms with Gasteiger partial charge < -0.3 is 10.1 Å². The molecule has 1 saturated carbocycles. The van der Waals surface area contributed by atoms with Gasteiger partial charge in [0.2, 0.25) is 5.91 Å². The smallest absolute Gasteiger partial charge is 0.246 e. The largest absolute Gasteiger partial charge is 0.492 e. The lowest BCUT2D eigenvalue weighted by Gasteiger charge is -2.30. The molecular formula is C23H30N2O2. The summed E-state index contributed by atoms with van der Waals surface area (Å²) in [6.07, 6.45) is 4.67. The lowest BCUT2D eigenvalue weighted by molar-refractivity contribution is -0.118. The van der Waals surface area contributed by atoms with Crippen molar-refractivity contribution in [3.05, 3.63) is 60.2 Å². The van der Waals surface area contributed by atoms with Crippen LogP contribution in [0.5, 0.6) is 5.75 Å². The average Bonchev–Trinajstić information content (AvgIpc) is 2.70. The molecule has 1 amide bonds. The first-order valence-corrected chi connectivity index (χ1v) is 10.0. The number of hydrogen-bond acceptors (Lipinski definition) is 3. The van der Waals surface area contributed by atoms with Crippen LogP contribution in [0.1, 0.15) is 51.1 Å². The van der Waals surface area contributed by atoms with E-state index in [4.69, 9.17) is 4.74 Å². The molecule has 1 fully saturated rings. The Kier molecular flexibility index (Phi) is 6.88. The van der Waals surface area contributed by atoms with Crippen LogP contribution in [0.2, 0.25) is 0 Å². The fourth-order valence-electron chi connectivity index (χ4n) is 3.69. The first-order valence-electron chi connectivity index (χ1n) is 10.0. The molecule has 0 aromatic heterocycles. The van der Waals surface area contributed by atoms with Gasteiger partial charge >= 0.3 is 0 Å². The maximum absolute atomic E-state index is 13.2. The topological polar surface area (TPSA) is 50.4 Å². The zero-order chi connectivity index (χ0) is 19.1. The van der Waals surface area contributed by atoms with Crippen LogP contribution in [0.25, 0.3) is 0 Å². The number of carbonyl (C=O) groups excluding carboxylic acids is 1. The molecule has 0 heterocycles. The van der Waals surface area contributed by atoms with Crippen LogP contribution < -0.4 is 15.4 Å². The number of amides is 1. The number of para-hydroxylation sites is 2. The van der Waals surface area contributed by atoms with Crippen molar-refractivity contribution in [1.29, 1.82) is 0 Å². The van der Waals surface area contributed by atoms with Crippen molar-refractivity contribution >= 4 is 11.6 Å². The highest BCUT2D eigenvalue weighted by atomic mass is 16.5. The minimum Gasteiger partial charge on any atom is -0.492 e. The summed E-state index contributed by atoms with van der Waals surface area (Å²) in [6, 6.07) is 17.5. The van der Waals surface area contributed by atoms with Crippen LogP contribution in [-0.2, 0) is 4.79 Å². The summed E-state index contributed by atoms with van der Waals surface area (Å²) in [4.78, 5) is 13.2. The quantitative estimate of drug-likeness (QED) is 0.730. The van der Waals surface area contributed by atoms with E-state index in [0.29, 0.717) is 24.1 Å². The monoisotopic (exact) mass is 366 g/mol. The highest BCUT2D eigenvalue weighted by Gasteiger charge is 2.26. The second kappa shape index (κ2) is 9.56. The SMILES string of the molecule is CCOc1ccccc1NC(=O)[C@H](NC1CCC(C)CC1)c1ccccc1. The number of hydrogen-bond donors (Lipinski definition) is 2. The maximum atomic E-state index is 13.2. The van der Waals surface area contributed by atoms with Gasteiger partial charge in [0, 0.05) is 6.04 Å². The molecule has 2 aromatic rings. The van der Waals surface area contributed by atoms with Crippen molar-refractivity contribution in [3.8, 4) is 5.75 Å². The Morgan fingerprint density at radius 3 is 2.41 bits per heavy atom. The van der Waals surface area contributed by atoms with E-state index in [1.807, 2.05) is 61.5 Å². The average molecular weight is 367 g/mol. The van der Waals surface area contributed by atoms with Crippen molar-refractivity contribution in [1.82, 2.24) is 5.32 Å². The fourth-order valence-corrected chi connectivity index (χ4v) is 3.69. The minimum atomic E-state index is -0.376. The summed E-state index contributed by atoms with van der Waals surface area (Å²) in [5.41, 5.74) is 1.70. The molecule has 27 heavy (non-hydrogen) atoms. The first-order chi connectivity index (χ1) is 13.2. The van der Waals surface area contributed by atoms with E-state index in [0.717, 1.165) is 24.3 Å². The summed E-state index contributed by atoms with van der Waals surface area (Å²) >= 11 is 0. The van der Waals surface area contributed by atoms with Crippen LogP contribution in [0, 0.1) is 5.92 Å². The molecule has 1 aliphatic carbocycles. The van der Waals surface area contributed by atoms with E-state index in [1.54, 1.807) is 0 Å². The van der Waals surface area contributed by atoms with Gasteiger partial charge in [-0.05, 0) is 56.2 Å². The first kappa shape index (κ1) is 19.4. The molecule has 3 rings (SSSR count). The zero-order valence-corrected chi connectivity index (χ0v) is 16.3. The number of nitrogens with one attached hydrogen (secondary N) is 2. The predicted molar refractivity (Wildman–Crippen MR) is 110 cm³/mol. The molecule has 4 heteroatoms. The summed E-state index contributed by atoms with van der Waals surface area (Å²) in [5.74, 6) is 1.43. The lowest BCUT2D eigenvalue weighted by atomic mass is 9.86. The van der Waals surface area contributed by atoms with E-state index < -0.39 is 0 Å². The fraction of sp³-hybridized carbons (Fsp3) is 0.435. The summed E-state index contributed by atoms with van der Waals surface area (Å²) in [7, 11) is 0. The Morgan fingerprint density at radius 2 is 1.70 bits per heavy atom. The summed E-state index contributed by atoms with van der Waals surface area (Å²) in [5, 5.41) is 6.68. The maximum Gasteiger partial charge on any atom is 0.246 e. The van der Waals surface area contributed by atoms with Gasteiger partial charge in [0.25, 0.3) is 0 Å². The van der Waals surface area contributed by atoms with Gasteiger partial charge in [0.1, 0.15) is 11.8 Å². The number of carbonyl (C=O) groups is 1. The van der Waals surface area contributed by atoms with Crippen LogP contribution in [0.3, 0.4) is 0 Å². The molecule has 0 saturated heterocycles. The van der Waals surface area contributed by atoms with E-state index >= 15 is 0 Å². The Labute approximate surface area is 162 Å². The van der Waals surface area contributed by atoms with Gasteiger partial charge in [-0.2, -0.15) is 0 Å². The summed E-state index contributed by atoms with van der Waals surface area (Å²) in [6.45, 7) is 4.81. The van der Waals surface area contributed by atoms with Gasteiger partial charge in [-0.1, -0.05) is 49.4 Å². The molecule has 0 bridgehead atoms. The third-order valence-electron chi connectivity index (χ3n) is 5.26. The minimum absolute atomic E-state index is 0.0491. The molecule has 2 N–H and O–H groups in total. The third-order valence-corrected chi connectivity index (χ3v) is 5.26. The molecular weight excluding hydrogens is 336 g/mol. The number of ether oxygens (including phenoxy) is 1. The van der Waals surface area contributed by atoms with Crippen molar-refractivity contribution in [3.63, 3.8) is 0 Å². The highest BCUT2D eigenvalue weighted by Crippen LogP contribution is 2.28. The van der Waals surface area contributed by atoms with Crippen LogP contribution >= 0.6 is 0 Å². The van der Waals surface area contributed by atoms with Gasteiger partial charge in [-0.15, -0.1) is 0 Å². The zero-order valence-electron chi connectivity index (χ0n) is 16.3. The molecule has 144 valence electrons. The number of benzene rings is 2. The van der Waals surface area contributed by atoms with Crippen LogP contribution in [-0.4, -0.2) is 18.6 Å². The second-order valence-corrected chi connectivity index (χ2v) is 7.39. The molecule has 4 nitrogen and oxygen atoms in total. The Hall–Kier alpha value is -2.33. The Balaban J connectivity index is 1.77. The Morgan fingerprint density at radius 1 is 1.04 bits per heavy atom. The van der Waals surface area contributed by atoms with Crippen molar-refractivity contribution in [2.45, 2.75) is 51.6 Å². The summed E-state index contributed by atoms with van der Waals surface area (Å²) < 4.78 is 5.65. The van der Waals surface area contributed by atoms with Crippen molar-refractivity contribution in [2.24, 2.45) is 5.92 Å². The number of anilines is 1. The van der Waals surface area contributed by atoms with E-state index in [1.165, 1.54) is 12.8 Å². The molecule has 1 atom stereocenters. The van der Waals surface area contributed by atoms with E-state index in [9.17, 15) is 4.79 Å². The van der Waals surface area contributed by atoms with Crippen molar-refractivity contribution < 1.29 is 9.53 Å². The molecule has 0 spiro atoms. The van der Waals surface area contributed by atoms with E-state index in [-0.39, 0.29) is 11.9 Å². The van der Waals surface area contributed by atoms with Crippen molar-refractivity contribution in [2.75, 3.05) is 11.9 Å². The molecule has 0 unspecified atom stereocenters. The van der Waals surface area contributed by atoms with E-state index in [2.05, 4.69) is 17.6 Å². The normalized spacial score (nSPS) is 20.7. The molecule has 1 aliphatic rings. The van der Waals surface area contributed by atoms with Gasteiger partial charge in [-0.25, -0.2) is 0 Å². The molecule has 2 aromatic carbocycles.